The molecule has 0 saturated carbocycles. The molecule has 0 amide bonds. The second kappa shape index (κ2) is 12.6. The molecular weight excluding hydrogens is 244 g/mol. The maximum absolute atomic E-state index is 4.11. The lowest BCUT2D eigenvalue weighted by atomic mass is 9.85. The van der Waals surface area contributed by atoms with Gasteiger partial charge in [0.15, 0.2) is 0 Å². The van der Waals surface area contributed by atoms with Gasteiger partial charge in [-0.1, -0.05) is 58.6 Å². The molecule has 1 atom stereocenters. The number of allylic oxidation sites excluding steroid dienone is 5. The van der Waals surface area contributed by atoms with Crippen molar-refractivity contribution in [1.82, 2.24) is 5.32 Å². The summed E-state index contributed by atoms with van der Waals surface area (Å²) < 4.78 is 0. The van der Waals surface area contributed by atoms with Gasteiger partial charge < -0.3 is 5.32 Å². The van der Waals surface area contributed by atoms with E-state index in [-0.39, 0.29) is 5.41 Å². The zero-order chi connectivity index (χ0) is 16.0. The minimum absolute atomic E-state index is 0.0221. The standard InChI is InChI=1S/C12H18N2.C4H8.C2H6/c1-5-10-6-7-12(2,8-9-13-3)11(10)14-4;1-3-4-2;1-2/h5-7,13H,1,4,8-9H2,2-3H3;3H,1,4H2,2H3;1-2H3. The summed E-state index contributed by atoms with van der Waals surface area (Å²) in [6.45, 7) is 20.1. The largest absolute Gasteiger partial charge is 0.320 e. The lowest BCUT2D eigenvalue weighted by Gasteiger charge is -2.23. The lowest BCUT2D eigenvalue weighted by molar-refractivity contribution is 0.460. The Balaban J connectivity index is 0. The molecule has 0 aromatic carbocycles. The molecule has 1 N–H and O–H groups in total. The third-order valence-corrected chi connectivity index (χ3v) is 3.01. The topological polar surface area (TPSA) is 24.4 Å². The van der Waals surface area contributed by atoms with E-state index in [2.05, 4.69) is 56.2 Å². The summed E-state index contributed by atoms with van der Waals surface area (Å²) in [4.78, 5) is 4.11. The van der Waals surface area contributed by atoms with Crippen molar-refractivity contribution in [3.05, 3.63) is 48.7 Å². The molecule has 0 heterocycles. The molecule has 20 heavy (non-hydrogen) atoms. The zero-order valence-corrected chi connectivity index (χ0v) is 14.0. The number of rotatable bonds is 6. The molecule has 2 nitrogen and oxygen atoms in total. The Labute approximate surface area is 126 Å². The first-order chi connectivity index (χ1) is 9.59. The van der Waals surface area contributed by atoms with Crippen LogP contribution in [0.2, 0.25) is 0 Å². The average molecular weight is 276 g/mol. The minimum Gasteiger partial charge on any atom is -0.320 e. The van der Waals surface area contributed by atoms with Crippen molar-refractivity contribution in [3.63, 3.8) is 0 Å². The molecular formula is C18H32N2. The molecule has 0 aliphatic heterocycles. The monoisotopic (exact) mass is 276 g/mol. The van der Waals surface area contributed by atoms with Gasteiger partial charge in [0.1, 0.15) is 0 Å². The van der Waals surface area contributed by atoms with Crippen molar-refractivity contribution in [2.75, 3.05) is 13.6 Å². The maximum Gasteiger partial charge on any atom is 0.0565 e. The Hall–Kier alpha value is -1.41. The van der Waals surface area contributed by atoms with E-state index < -0.39 is 0 Å². The third kappa shape index (κ3) is 6.67. The first-order valence-corrected chi connectivity index (χ1v) is 7.38. The molecule has 0 spiro atoms. The third-order valence-electron chi connectivity index (χ3n) is 3.01. The summed E-state index contributed by atoms with van der Waals surface area (Å²) in [7, 11) is 1.96. The minimum atomic E-state index is 0.0221. The molecule has 0 saturated heterocycles. The molecule has 2 heteroatoms. The Morgan fingerprint density at radius 1 is 1.35 bits per heavy atom. The van der Waals surface area contributed by atoms with Crippen LogP contribution in [0.25, 0.3) is 0 Å². The second-order valence-corrected chi connectivity index (χ2v) is 4.47. The summed E-state index contributed by atoms with van der Waals surface area (Å²) in [6.07, 6.45) is 10.1. The normalized spacial score (nSPS) is 19.4. The Morgan fingerprint density at radius 2 is 1.90 bits per heavy atom. The lowest BCUT2D eigenvalue weighted by Crippen LogP contribution is -2.21. The predicted molar refractivity (Wildman–Crippen MR) is 94.4 cm³/mol. The van der Waals surface area contributed by atoms with Crippen LogP contribution in [0, 0.1) is 5.41 Å². The van der Waals surface area contributed by atoms with Crippen LogP contribution in [0.3, 0.4) is 0 Å². The van der Waals surface area contributed by atoms with Crippen LogP contribution in [0.1, 0.15) is 40.5 Å². The van der Waals surface area contributed by atoms with Crippen molar-refractivity contribution in [3.8, 4) is 0 Å². The Bertz CT molecular complexity index is 350. The Kier molecular flexibility index (Phi) is 13.2. The van der Waals surface area contributed by atoms with Gasteiger partial charge in [0.05, 0.1) is 5.70 Å². The molecule has 1 rings (SSSR count). The zero-order valence-electron chi connectivity index (χ0n) is 14.0. The molecule has 1 aliphatic rings. The van der Waals surface area contributed by atoms with E-state index in [1.165, 1.54) is 0 Å². The van der Waals surface area contributed by atoms with Gasteiger partial charge in [-0.2, -0.15) is 0 Å². The molecule has 0 bridgehead atoms. The smallest absolute Gasteiger partial charge is 0.0565 e. The second-order valence-electron chi connectivity index (χ2n) is 4.47. The molecule has 0 aromatic rings. The van der Waals surface area contributed by atoms with Gasteiger partial charge in [-0.3, -0.25) is 4.99 Å². The van der Waals surface area contributed by atoms with Crippen LogP contribution in [-0.4, -0.2) is 20.3 Å². The predicted octanol–water partition coefficient (Wildman–Crippen LogP) is 4.92. The summed E-state index contributed by atoms with van der Waals surface area (Å²) in [6, 6.07) is 0. The quantitative estimate of drug-likeness (QED) is 0.540. The first-order valence-electron chi connectivity index (χ1n) is 7.38. The van der Waals surface area contributed by atoms with E-state index >= 15 is 0 Å². The number of aliphatic imine (C=N–C) groups is 1. The van der Waals surface area contributed by atoms with E-state index in [1.54, 1.807) is 0 Å². The molecule has 1 unspecified atom stereocenters. The van der Waals surface area contributed by atoms with Crippen molar-refractivity contribution in [2.24, 2.45) is 10.4 Å². The van der Waals surface area contributed by atoms with Crippen LogP contribution in [0.15, 0.2) is 53.7 Å². The molecule has 114 valence electrons. The average Bonchev–Trinajstić information content (AvgIpc) is 2.83. The highest BCUT2D eigenvalue weighted by atomic mass is 14.8. The van der Waals surface area contributed by atoms with E-state index in [0.717, 1.165) is 30.7 Å². The molecule has 1 aliphatic carbocycles. The number of nitrogens with one attached hydrogen (secondary N) is 1. The van der Waals surface area contributed by atoms with Crippen LogP contribution < -0.4 is 5.32 Å². The highest BCUT2D eigenvalue weighted by Gasteiger charge is 2.30. The van der Waals surface area contributed by atoms with Gasteiger partial charge in [-0.05, 0) is 38.7 Å². The van der Waals surface area contributed by atoms with Gasteiger partial charge in [0, 0.05) is 5.41 Å². The molecule has 0 fully saturated rings. The van der Waals surface area contributed by atoms with E-state index in [9.17, 15) is 0 Å². The van der Waals surface area contributed by atoms with Crippen LogP contribution in [0.5, 0.6) is 0 Å². The Morgan fingerprint density at radius 3 is 2.25 bits per heavy atom. The summed E-state index contributed by atoms with van der Waals surface area (Å²) in [5.74, 6) is 0. The van der Waals surface area contributed by atoms with Crippen molar-refractivity contribution < 1.29 is 0 Å². The van der Waals surface area contributed by atoms with E-state index in [0.29, 0.717) is 0 Å². The fourth-order valence-corrected chi connectivity index (χ4v) is 1.78. The summed E-state index contributed by atoms with van der Waals surface area (Å²) in [5, 5.41) is 3.15. The SMILES string of the molecule is C=CC1=C(N=C)C(C)(CCNC)C=C1.C=CCC.CC. The highest BCUT2D eigenvalue weighted by molar-refractivity contribution is 5.49. The molecule has 0 radical (unpaired) electrons. The van der Waals surface area contributed by atoms with Crippen molar-refractivity contribution in [1.29, 1.82) is 0 Å². The van der Waals surface area contributed by atoms with E-state index in [4.69, 9.17) is 0 Å². The van der Waals surface area contributed by atoms with Crippen LogP contribution in [0.4, 0.5) is 0 Å². The number of nitrogens with zero attached hydrogens (tertiary/aromatic N) is 1. The first kappa shape index (κ1) is 20.9. The van der Waals surface area contributed by atoms with Gasteiger partial charge in [-0.25, -0.2) is 0 Å². The summed E-state index contributed by atoms with van der Waals surface area (Å²) in [5.41, 5.74) is 2.16. The fraction of sp³-hybridized carbons (Fsp3) is 0.500. The van der Waals surface area contributed by atoms with Crippen molar-refractivity contribution >= 4 is 6.72 Å². The van der Waals surface area contributed by atoms with Crippen LogP contribution in [-0.2, 0) is 0 Å². The molecule has 0 aromatic heterocycles. The van der Waals surface area contributed by atoms with Gasteiger partial charge >= 0.3 is 0 Å². The maximum atomic E-state index is 4.11. The van der Waals surface area contributed by atoms with Gasteiger partial charge in [0.2, 0.25) is 0 Å². The summed E-state index contributed by atoms with van der Waals surface area (Å²) >= 11 is 0. The number of hydrogen-bond donors (Lipinski definition) is 1. The van der Waals surface area contributed by atoms with Gasteiger partial charge in [-0.15, -0.1) is 6.58 Å². The highest BCUT2D eigenvalue weighted by Crippen LogP contribution is 2.40. The van der Waals surface area contributed by atoms with E-state index in [1.807, 2.05) is 33.0 Å². The van der Waals surface area contributed by atoms with Crippen molar-refractivity contribution in [2.45, 2.75) is 40.5 Å². The van der Waals surface area contributed by atoms with Crippen LogP contribution >= 0.6 is 0 Å². The van der Waals surface area contributed by atoms with Gasteiger partial charge in [0.25, 0.3) is 0 Å². The number of hydrogen-bond acceptors (Lipinski definition) is 2. The fourth-order valence-electron chi connectivity index (χ4n) is 1.78.